The summed E-state index contributed by atoms with van der Waals surface area (Å²) in [6.07, 6.45) is 7.24. The number of carbonyl (C=O) groups excluding carboxylic acids is 1. The number of aliphatic hydroxyl groups excluding tert-OH is 1. The molecule has 0 bridgehead atoms. The molecular formula is C10H16O3. The average molecular weight is 184 g/mol. The maximum atomic E-state index is 10.7. The van der Waals surface area contributed by atoms with E-state index in [2.05, 4.69) is 0 Å². The van der Waals surface area contributed by atoms with Gasteiger partial charge in [-0.1, -0.05) is 24.3 Å². The molecule has 0 aliphatic carbocycles. The SMILES string of the molecule is CC=CC=CCCOC(=O)C(C)O. The number of aliphatic hydroxyl groups is 1. The Bertz CT molecular complexity index is 192. The third kappa shape index (κ3) is 7.28. The summed E-state index contributed by atoms with van der Waals surface area (Å²) < 4.78 is 4.72. The second-order valence-electron chi connectivity index (χ2n) is 2.59. The smallest absolute Gasteiger partial charge is 0.334 e. The molecule has 74 valence electrons. The molecule has 0 spiro atoms. The molecule has 0 saturated heterocycles. The van der Waals surface area contributed by atoms with Gasteiger partial charge in [0.25, 0.3) is 0 Å². The van der Waals surface area contributed by atoms with E-state index in [-0.39, 0.29) is 0 Å². The molecule has 0 fully saturated rings. The first kappa shape index (κ1) is 11.9. The minimum Gasteiger partial charge on any atom is -0.463 e. The largest absolute Gasteiger partial charge is 0.463 e. The second-order valence-corrected chi connectivity index (χ2v) is 2.59. The summed E-state index contributed by atoms with van der Waals surface area (Å²) in [5.41, 5.74) is 0. The van der Waals surface area contributed by atoms with Gasteiger partial charge < -0.3 is 9.84 Å². The molecule has 1 N–H and O–H groups in total. The molecule has 0 aliphatic rings. The van der Waals surface area contributed by atoms with E-state index in [4.69, 9.17) is 9.84 Å². The van der Waals surface area contributed by atoms with Crippen molar-refractivity contribution >= 4 is 5.97 Å². The predicted octanol–water partition coefficient (Wildman–Crippen LogP) is 1.43. The lowest BCUT2D eigenvalue weighted by Gasteiger charge is -2.03. The summed E-state index contributed by atoms with van der Waals surface area (Å²) in [5.74, 6) is -0.570. The molecule has 0 aromatic carbocycles. The van der Waals surface area contributed by atoms with Crippen LogP contribution < -0.4 is 0 Å². The molecule has 13 heavy (non-hydrogen) atoms. The number of hydrogen-bond donors (Lipinski definition) is 1. The van der Waals surface area contributed by atoms with Gasteiger partial charge in [-0.25, -0.2) is 4.79 Å². The zero-order chi connectivity index (χ0) is 10.1. The molecule has 3 heteroatoms. The van der Waals surface area contributed by atoms with Crippen molar-refractivity contribution in [3.8, 4) is 0 Å². The Hall–Kier alpha value is -1.09. The van der Waals surface area contributed by atoms with Gasteiger partial charge in [0, 0.05) is 0 Å². The Morgan fingerprint density at radius 2 is 2.23 bits per heavy atom. The number of rotatable bonds is 5. The highest BCUT2D eigenvalue weighted by atomic mass is 16.5. The monoisotopic (exact) mass is 184 g/mol. The lowest BCUT2D eigenvalue weighted by atomic mass is 10.3. The first-order valence-corrected chi connectivity index (χ1v) is 4.31. The molecular weight excluding hydrogens is 168 g/mol. The molecule has 0 aromatic rings. The van der Waals surface area contributed by atoms with Crippen LogP contribution in [0.3, 0.4) is 0 Å². The Balaban J connectivity index is 3.41. The van der Waals surface area contributed by atoms with Crippen LogP contribution >= 0.6 is 0 Å². The summed E-state index contributed by atoms with van der Waals surface area (Å²) >= 11 is 0. The highest BCUT2D eigenvalue weighted by Crippen LogP contribution is 1.90. The lowest BCUT2D eigenvalue weighted by molar-refractivity contribution is -0.152. The van der Waals surface area contributed by atoms with Crippen molar-refractivity contribution in [1.29, 1.82) is 0 Å². The molecule has 0 amide bonds. The third-order valence-corrected chi connectivity index (χ3v) is 1.31. The topological polar surface area (TPSA) is 46.5 Å². The van der Waals surface area contributed by atoms with Gasteiger partial charge in [0.15, 0.2) is 0 Å². The normalized spacial score (nSPS) is 13.8. The number of hydrogen-bond acceptors (Lipinski definition) is 3. The van der Waals surface area contributed by atoms with E-state index < -0.39 is 12.1 Å². The van der Waals surface area contributed by atoms with Crippen molar-refractivity contribution < 1.29 is 14.6 Å². The minimum atomic E-state index is -1.03. The van der Waals surface area contributed by atoms with Gasteiger partial charge in [-0.15, -0.1) is 0 Å². The van der Waals surface area contributed by atoms with Gasteiger partial charge in [0.1, 0.15) is 6.10 Å². The maximum absolute atomic E-state index is 10.7. The molecule has 1 atom stereocenters. The standard InChI is InChI=1S/C10H16O3/c1-3-4-5-6-7-8-13-10(12)9(2)11/h3-6,9,11H,7-8H2,1-2H3. The molecule has 0 saturated carbocycles. The Kier molecular flexibility index (Phi) is 6.92. The van der Waals surface area contributed by atoms with Crippen LogP contribution in [0.1, 0.15) is 20.3 Å². The van der Waals surface area contributed by atoms with Crippen LogP contribution in [0.4, 0.5) is 0 Å². The molecule has 1 unspecified atom stereocenters. The zero-order valence-electron chi connectivity index (χ0n) is 8.06. The third-order valence-electron chi connectivity index (χ3n) is 1.31. The Morgan fingerprint density at radius 1 is 1.54 bits per heavy atom. The molecule has 3 nitrogen and oxygen atoms in total. The molecule has 0 aliphatic heterocycles. The van der Waals surface area contributed by atoms with E-state index in [0.29, 0.717) is 13.0 Å². The van der Waals surface area contributed by atoms with Crippen LogP contribution in [0, 0.1) is 0 Å². The Morgan fingerprint density at radius 3 is 2.77 bits per heavy atom. The van der Waals surface area contributed by atoms with Crippen molar-refractivity contribution in [3.63, 3.8) is 0 Å². The van der Waals surface area contributed by atoms with E-state index in [1.54, 1.807) is 0 Å². The first-order valence-electron chi connectivity index (χ1n) is 4.31. The average Bonchev–Trinajstić information content (AvgIpc) is 2.10. The van der Waals surface area contributed by atoms with E-state index >= 15 is 0 Å². The molecule has 0 rings (SSSR count). The van der Waals surface area contributed by atoms with Crippen LogP contribution in [0.25, 0.3) is 0 Å². The van der Waals surface area contributed by atoms with Crippen LogP contribution in [0.5, 0.6) is 0 Å². The molecule has 0 heterocycles. The Labute approximate surface area is 78.7 Å². The maximum Gasteiger partial charge on any atom is 0.334 e. The predicted molar refractivity (Wildman–Crippen MR) is 51.2 cm³/mol. The van der Waals surface area contributed by atoms with E-state index in [1.165, 1.54) is 6.92 Å². The van der Waals surface area contributed by atoms with Gasteiger partial charge in [-0.3, -0.25) is 0 Å². The van der Waals surface area contributed by atoms with Crippen LogP contribution in [-0.4, -0.2) is 23.8 Å². The minimum absolute atomic E-state index is 0.317. The van der Waals surface area contributed by atoms with Gasteiger partial charge in [0.05, 0.1) is 6.61 Å². The lowest BCUT2D eigenvalue weighted by Crippen LogP contribution is -2.19. The molecule has 0 radical (unpaired) electrons. The van der Waals surface area contributed by atoms with E-state index in [0.717, 1.165) is 0 Å². The zero-order valence-corrected chi connectivity index (χ0v) is 8.06. The fraction of sp³-hybridized carbons (Fsp3) is 0.500. The van der Waals surface area contributed by atoms with Gasteiger partial charge in [-0.05, 0) is 20.3 Å². The number of carbonyl (C=O) groups is 1. The van der Waals surface area contributed by atoms with Gasteiger partial charge in [0.2, 0.25) is 0 Å². The van der Waals surface area contributed by atoms with Crippen molar-refractivity contribution in [3.05, 3.63) is 24.3 Å². The van der Waals surface area contributed by atoms with Crippen molar-refractivity contribution in [2.24, 2.45) is 0 Å². The fourth-order valence-corrected chi connectivity index (χ4v) is 0.634. The van der Waals surface area contributed by atoms with Crippen molar-refractivity contribution in [1.82, 2.24) is 0 Å². The van der Waals surface area contributed by atoms with Gasteiger partial charge in [-0.2, -0.15) is 0 Å². The first-order chi connectivity index (χ1) is 6.18. The van der Waals surface area contributed by atoms with Crippen molar-refractivity contribution in [2.75, 3.05) is 6.61 Å². The number of esters is 1. The number of ether oxygens (including phenoxy) is 1. The van der Waals surface area contributed by atoms with Crippen LogP contribution in [-0.2, 0) is 9.53 Å². The molecule has 0 aromatic heterocycles. The van der Waals surface area contributed by atoms with Gasteiger partial charge >= 0.3 is 5.97 Å². The fourth-order valence-electron chi connectivity index (χ4n) is 0.634. The summed E-state index contributed by atoms with van der Waals surface area (Å²) in [5, 5.41) is 8.76. The second kappa shape index (κ2) is 7.55. The summed E-state index contributed by atoms with van der Waals surface area (Å²) in [6, 6.07) is 0. The summed E-state index contributed by atoms with van der Waals surface area (Å²) in [7, 11) is 0. The van der Waals surface area contributed by atoms with Crippen LogP contribution in [0.15, 0.2) is 24.3 Å². The van der Waals surface area contributed by atoms with E-state index in [9.17, 15) is 4.79 Å². The number of allylic oxidation sites excluding steroid dienone is 3. The highest BCUT2D eigenvalue weighted by molar-refractivity contribution is 5.73. The van der Waals surface area contributed by atoms with Crippen LogP contribution in [0.2, 0.25) is 0 Å². The highest BCUT2D eigenvalue weighted by Gasteiger charge is 2.08. The summed E-state index contributed by atoms with van der Waals surface area (Å²) in [4.78, 5) is 10.7. The van der Waals surface area contributed by atoms with Crippen molar-refractivity contribution in [2.45, 2.75) is 26.4 Å². The quantitative estimate of drug-likeness (QED) is 0.399. The van der Waals surface area contributed by atoms with E-state index in [1.807, 2.05) is 31.2 Å². The summed E-state index contributed by atoms with van der Waals surface area (Å²) in [6.45, 7) is 3.63.